The minimum Gasteiger partial charge on any atom is -0.249 e. The Hall–Kier alpha value is -0.760. The summed E-state index contributed by atoms with van der Waals surface area (Å²) in [4.78, 5) is 4.30. The van der Waals surface area contributed by atoms with E-state index in [2.05, 4.69) is 24.0 Å². The number of pyridine rings is 1. The molecule has 0 aromatic carbocycles. The number of rotatable bonds is 3. The SMILES string of the molecule is C/C=C/c1ccc(SCC)nc1. The van der Waals surface area contributed by atoms with Gasteiger partial charge < -0.3 is 0 Å². The summed E-state index contributed by atoms with van der Waals surface area (Å²) in [5, 5.41) is 1.10. The lowest BCUT2D eigenvalue weighted by molar-refractivity contribution is 1.13. The molecule has 1 heterocycles. The van der Waals surface area contributed by atoms with Gasteiger partial charge in [0.15, 0.2) is 0 Å². The van der Waals surface area contributed by atoms with Gasteiger partial charge in [-0.25, -0.2) is 4.98 Å². The second kappa shape index (κ2) is 4.99. The molecule has 0 atom stereocenters. The van der Waals surface area contributed by atoms with E-state index in [0.29, 0.717) is 0 Å². The van der Waals surface area contributed by atoms with Crippen molar-refractivity contribution in [2.75, 3.05) is 5.75 Å². The molecule has 12 heavy (non-hydrogen) atoms. The second-order valence-corrected chi connectivity index (χ2v) is 3.65. The smallest absolute Gasteiger partial charge is 0.0960 e. The number of thioether (sulfide) groups is 1. The van der Waals surface area contributed by atoms with E-state index in [1.165, 1.54) is 0 Å². The van der Waals surface area contributed by atoms with E-state index < -0.39 is 0 Å². The fraction of sp³-hybridized carbons (Fsp3) is 0.300. The van der Waals surface area contributed by atoms with Crippen molar-refractivity contribution in [2.24, 2.45) is 0 Å². The first-order valence-corrected chi connectivity index (χ1v) is 5.07. The highest BCUT2D eigenvalue weighted by atomic mass is 32.2. The zero-order valence-corrected chi connectivity index (χ0v) is 8.27. The van der Waals surface area contributed by atoms with Crippen LogP contribution in [0.3, 0.4) is 0 Å². The monoisotopic (exact) mass is 179 g/mol. The van der Waals surface area contributed by atoms with Gasteiger partial charge in [0.25, 0.3) is 0 Å². The van der Waals surface area contributed by atoms with Gasteiger partial charge in [-0.2, -0.15) is 0 Å². The van der Waals surface area contributed by atoms with E-state index in [0.717, 1.165) is 16.3 Å². The Morgan fingerprint density at radius 1 is 1.50 bits per heavy atom. The van der Waals surface area contributed by atoms with Gasteiger partial charge in [-0.3, -0.25) is 0 Å². The average molecular weight is 179 g/mol. The van der Waals surface area contributed by atoms with E-state index in [4.69, 9.17) is 0 Å². The number of allylic oxidation sites excluding steroid dienone is 1. The number of hydrogen-bond acceptors (Lipinski definition) is 2. The third kappa shape index (κ3) is 2.70. The van der Waals surface area contributed by atoms with Gasteiger partial charge in [-0.05, 0) is 24.3 Å². The second-order valence-electron chi connectivity index (χ2n) is 2.36. The van der Waals surface area contributed by atoms with Crippen LogP contribution in [0.15, 0.2) is 29.4 Å². The molecule has 0 bridgehead atoms. The van der Waals surface area contributed by atoms with E-state index in [1.807, 2.05) is 25.3 Å². The molecule has 0 radical (unpaired) electrons. The van der Waals surface area contributed by atoms with Crippen LogP contribution in [0.1, 0.15) is 19.4 Å². The van der Waals surface area contributed by atoms with E-state index in [1.54, 1.807) is 11.8 Å². The fourth-order valence-corrected chi connectivity index (χ4v) is 1.50. The maximum Gasteiger partial charge on any atom is 0.0960 e. The fourth-order valence-electron chi connectivity index (χ4n) is 0.916. The Kier molecular flexibility index (Phi) is 3.88. The van der Waals surface area contributed by atoms with E-state index >= 15 is 0 Å². The zero-order valence-electron chi connectivity index (χ0n) is 7.45. The first kappa shape index (κ1) is 9.33. The lowest BCUT2D eigenvalue weighted by Crippen LogP contribution is -1.80. The van der Waals surface area contributed by atoms with Crippen LogP contribution in [-0.2, 0) is 0 Å². The van der Waals surface area contributed by atoms with Gasteiger partial charge in [0.2, 0.25) is 0 Å². The van der Waals surface area contributed by atoms with Gasteiger partial charge in [0.1, 0.15) is 0 Å². The van der Waals surface area contributed by atoms with Gasteiger partial charge in [-0.15, -0.1) is 11.8 Å². The first-order chi connectivity index (χ1) is 5.86. The molecule has 0 spiro atoms. The van der Waals surface area contributed by atoms with Crippen molar-refractivity contribution < 1.29 is 0 Å². The van der Waals surface area contributed by atoms with Gasteiger partial charge in [0.05, 0.1) is 5.03 Å². The number of aromatic nitrogens is 1. The van der Waals surface area contributed by atoms with Crippen molar-refractivity contribution >= 4 is 17.8 Å². The Morgan fingerprint density at radius 2 is 2.33 bits per heavy atom. The van der Waals surface area contributed by atoms with E-state index in [-0.39, 0.29) is 0 Å². The Labute approximate surface area is 77.9 Å². The largest absolute Gasteiger partial charge is 0.249 e. The Balaban J connectivity index is 2.71. The number of hydrogen-bond donors (Lipinski definition) is 0. The molecule has 1 aromatic heterocycles. The maximum atomic E-state index is 4.30. The van der Waals surface area contributed by atoms with Crippen LogP contribution in [0, 0.1) is 0 Å². The summed E-state index contributed by atoms with van der Waals surface area (Å²) >= 11 is 1.77. The van der Waals surface area contributed by atoms with Crippen LogP contribution < -0.4 is 0 Å². The quantitative estimate of drug-likeness (QED) is 0.661. The molecule has 1 nitrogen and oxygen atoms in total. The minimum absolute atomic E-state index is 1.08. The molecule has 0 saturated heterocycles. The zero-order chi connectivity index (χ0) is 8.81. The molecular formula is C10H13NS. The molecule has 1 rings (SSSR count). The van der Waals surface area contributed by atoms with Crippen LogP contribution in [0.5, 0.6) is 0 Å². The lowest BCUT2D eigenvalue weighted by atomic mass is 10.3. The predicted octanol–water partition coefficient (Wildman–Crippen LogP) is 3.23. The molecule has 0 aliphatic carbocycles. The van der Waals surface area contributed by atoms with Crippen LogP contribution >= 0.6 is 11.8 Å². The lowest BCUT2D eigenvalue weighted by Gasteiger charge is -1.96. The Morgan fingerprint density at radius 3 is 2.83 bits per heavy atom. The van der Waals surface area contributed by atoms with Crippen LogP contribution in [-0.4, -0.2) is 10.7 Å². The summed E-state index contributed by atoms with van der Waals surface area (Å²) in [7, 11) is 0. The van der Waals surface area contributed by atoms with Crippen molar-refractivity contribution in [3.05, 3.63) is 30.0 Å². The Bertz CT molecular complexity index is 251. The molecule has 0 fully saturated rings. The standard InChI is InChI=1S/C10H13NS/c1-3-5-9-6-7-10(11-8-9)12-4-2/h3,5-8H,4H2,1-2H3/b5-3+. The van der Waals surface area contributed by atoms with Crippen LogP contribution in [0.4, 0.5) is 0 Å². The van der Waals surface area contributed by atoms with Crippen molar-refractivity contribution in [1.29, 1.82) is 0 Å². The topological polar surface area (TPSA) is 12.9 Å². The normalized spacial score (nSPS) is 10.8. The number of nitrogens with zero attached hydrogens (tertiary/aromatic N) is 1. The molecule has 0 unspecified atom stereocenters. The van der Waals surface area contributed by atoms with Crippen molar-refractivity contribution in [2.45, 2.75) is 18.9 Å². The summed E-state index contributed by atoms with van der Waals surface area (Å²) < 4.78 is 0. The molecule has 2 heteroatoms. The van der Waals surface area contributed by atoms with Gasteiger partial charge in [0, 0.05) is 6.20 Å². The average Bonchev–Trinajstić information content (AvgIpc) is 2.09. The summed E-state index contributed by atoms with van der Waals surface area (Å²) in [6.07, 6.45) is 5.97. The molecule has 0 aliphatic rings. The van der Waals surface area contributed by atoms with Crippen LogP contribution in [0.2, 0.25) is 0 Å². The molecule has 0 N–H and O–H groups in total. The third-order valence-electron chi connectivity index (χ3n) is 1.41. The predicted molar refractivity (Wildman–Crippen MR) is 55.3 cm³/mol. The molecule has 0 saturated carbocycles. The van der Waals surface area contributed by atoms with Crippen molar-refractivity contribution in [3.63, 3.8) is 0 Å². The highest BCUT2D eigenvalue weighted by molar-refractivity contribution is 7.99. The molecule has 1 aromatic rings. The first-order valence-electron chi connectivity index (χ1n) is 4.08. The van der Waals surface area contributed by atoms with Crippen LogP contribution in [0.25, 0.3) is 6.08 Å². The van der Waals surface area contributed by atoms with Crippen molar-refractivity contribution in [1.82, 2.24) is 4.98 Å². The highest BCUT2D eigenvalue weighted by Crippen LogP contribution is 2.14. The third-order valence-corrected chi connectivity index (χ3v) is 2.24. The minimum atomic E-state index is 1.08. The van der Waals surface area contributed by atoms with E-state index in [9.17, 15) is 0 Å². The molecular weight excluding hydrogens is 166 g/mol. The summed E-state index contributed by atoms with van der Waals surface area (Å²) in [5.74, 6) is 1.08. The summed E-state index contributed by atoms with van der Waals surface area (Å²) in [6, 6.07) is 4.15. The molecule has 64 valence electrons. The van der Waals surface area contributed by atoms with Gasteiger partial charge >= 0.3 is 0 Å². The molecule has 0 amide bonds. The summed E-state index contributed by atoms with van der Waals surface area (Å²) in [5.41, 5.74) is 1.16. The summed E-state index contributed by atoms with van der Waals surface area (Å²) in [6.45, 7) is 4.14. The molecule has 0 aliphatic heterocycles. The maximum absolute atomic E-state index is 4.30. The highest BCUT2D eigenvalue weighted by Gasteiger charge is 1.91. The van der Waals surface area contributed by atoms with Crippen molar-refractivity contribution in [3.8, 4) is 0 Å². The van der Waals surface area contributed by atoms with Gasteiger partial charge in [-0.1, -0.05) is 25.1 Å².